The van der Waals surface area contributed by atoms with E-state index in [9.17, 15) is 0 Å². The van der Waals surface area contributed by atoms with E-state index in [2.05, 4.69) is 37.9 Å². The molecule has 1 unspecified atom stereocenters. The van der Waals surface area contributed by atoms with E-state index in [-0.39, 0.29) is 0 Å². The Kier molecular flexibility index (Phi) is 13.2. The molecule has 0 radical (unpaired) electrons. The fraction of sp³-hybridized carbons (Fsp3) is 1.00. The SMILES string of the molecule is CCCNC(C)CCCCN(CC)CCOCC. The fourth-order valence-corrected chi connectivity index (χ4v) is 2.04. The Morgan fingerprint density at radius 3 is 2.50 bits per heavy atom. The molecule has 110 valence electrons. The molecular formula is C15H34N2O. The number of hydrogen-bond donors (Lipinski definition) is 1. The van der Waals surface area contributed by atoms with Crippen molar-refractivity contribution in [2.45, 2.75) is 59.4 Å². The molecule has 0 saturated heterocycles. The second kappa shape index (κ2) is 13.3. The first-order chi connectivity index (χ1) is 8.74. The zero-order chi connectivity index (χ0) is 13.6. The normalized spacial score (nSPS) is 13.2. The Morgan fingerprint density at radius 2 is 1.89 bits per heavy atom. The van der Waals surface area contributed by atoms with Crippen LogP contribution in [0.1, 0.15) is 53.4 Å². The summed E-state index contributed by atoms with van der Waals surface area (Å²) in [5.41, 5.74) is 0. The predicted molar refractivity (Wildman–Crippen MR) is 80.2 cm³/mol. The molecule has 0 spiro atoms. The third kappa shape index (κ3) is 11.0. The van der Waals surface area contributed by atoms with Gasteiger partial charge in [0.05, 0.1) is 6.61 Å². The molecule has 0 aromatic rings. The van der Waals surface area contributed by atoms with Gasteiger partial charge in [-0.05, 0) is 52.7 Å². The van der Waals surface area contributed by atoms with Gasteiger partial charge in [-0.25, -0.2) is 0 Å². The molecule has 0 fully saturated rings. The minimum absolute atomic E-state index is 0.670. The van der Waals surface area contributed by atoms with Gasteiger partial charge >= 0.3 is 0 Å². The van der Waals surface area contributed by atoms with Crippen LogP contribution in [0.5, 0.6) is 0 Å². The number of likely N-dealkylation sites (N-methyl/N-ethyl adjacent to an activating group) is 1. The average molecular weight is 258 g/mol. The molecule has 0 aromatic heterocycles. The van der Waals surface area contributed by atoms with Gasteiger partial charge < -0.3 is 15.0 Å². The van der Waals surface area contributed by atoms with Crippen molar-refractivity contribution in [3.05, 3.63) is 0 Å². The van der Waals surface area contributed by atoms with Gasteiger partial charge in [0.1, 0.15) is 0 Å². The average Bonchev–Trinajstić information content (AvgIpc) is 2.39. The molecule has 3 heteroatoms. The van der Waals surface area contributed by atoms with Gasteiger partial charge in [-0.1, -0.05) is 20.3 Å². The van der Waals surface area contributed by atoms with E-state index in [4.69, 9.17) is 4.74 Å². The van der Waals surface area contributed by atoms with E-state index in [1.807, 2.05) is 0 Å². The molecule has 0 bridgehead atoms. The number of unbranched alkanes of at least 4 members (excludes halogenated alkanes) is 1. The number of ether oxygens (including phenoxy) is 1. The summed E-state index contributed by atoms with van der Waals surface area (Å²) in [6.07, 6.45) is 5.15. The van der Waals surface area contributed by atoms with E-state index in [1.54, 1.807) is 0 Å². The molecule has 1 N–H and O–H groups in total. The van der Waals surface area contributed by atoms with Crippen molar-refractivity contribution < 1.29 is 4.74 Å². The molecule has 0 rings (SSSR count). The lowest BCUT2D eigenvalue weighted by molar-refractivity contribution is 0.114. The molecule has 0 aliphatic carbocycles. The minimum Gasteiger partial charge on any atom is -0.380 e. The highest BCUT2D eigenvalue weighted by atomic mass is 16.5. The van der Waals surface area contributed by atoms with Gasteiger partial charge in [-0.15, -0.1) is 0 Å². The van der Waals surface area contributed by atoms with E-state index in [0.29, 0.717) is 6.04 Å². The van der Waals surface area contributed by atoms with Crippen molar-refractivity contribution in [2.24, 2.45) is 0 Å². The first-order valence-electron chi connectivity index (χ1n) is 7.78. The van der Waals surface area contributed by atoms with Crippen LogP contribution in [0, 0.1) is 0 Å². The molecule has 0 aliphatic heterocycles. The van der Waals surface area contributed by atoms with Crippen LogP contribution >= 0.6 is 0 Å². The Hall–Kier alpha value is -0.120. The van der Waals surface area contributed by atoms with E-state index in [1.165, 1.54) is 32.2 Å². The Balaban J connectivity index is 3.43. The number of hydrogen-bond acceptors (Lipinski definition) is 3. The first kappa shape index (κ1) is 17.9. The van der Waals surface area contributed by atoms with Crippen LogP contribution in [-0.2, 0) is 4.74 Å². The summed E-state index contributed by atoms with van der Waals surface area (Å²) in [6.45, 7) is 15.1. The van der Waals surface area contributed by atoms with Gasteiger partial charge in [0, 0.05) is 19.2 Å². The quantitative estimate of drug-likeness (QED) is 0.514. The molecule has 3 nitrogen and oxygen atoms in total. The number of rotatable bonds is 13. The van der Waals surface area contributed by atoms with Crippen molar-refractivity contribution in [3.8, 4) is 0 Å². The maximum absolute atomic E-state index is 5.40. The van der Waals surface area contributed by atoms with Crippen LogP contribution in [0.15, 0.2) is 0 Å². The molecule has 0 heterocycles. The summed E-state index contributed by atoms with van der Waals surface area (Å²) in [6, 6.07) is 0.670. The van der Waals surface area contributed by atoms with E-state index >= 15 is 0 Å². The van der Waals surface area contributed by atoms with Crippen LogP contribution in [0.25, 0.3) is 0 Å². The topological polar surface area (TPSA) is 24.5 Å². The zero-order valence-electron chi connectivity index (χ0n) is 13.0. The van der Waals surface area contributed by atoms with Crippen molar-refractivity contribution in [2.75, 3.05) is 39.4 Å². The maximum Gasteiger partial charge on any atom is 0.0593 e. The molecule has 0 amide bonds. The molecule has 1 atom stereocenters. The molecular weight excluding hydrogens is 224 g/mol. The Morgan fingerprint density at radius 1 is 1.11 bits per heavy atom. The lowest BCUT2D eigenvalue weighted by atomic mass is 10.1. The van der Waals surface area contributed by atoms with Crippen LogP contribution in [0.3, 0.4) is 0 Å². The van der Waals surface area contributed by atoms with Crippen molar-refractivity contribution in [1.82, 2.24) is 10.2 Å². The summed E-state index contributed by atoms with van der Waals surface area (Å²) < 4.78 is 5.40. The summed E-state index contributed by atoms with van der Waals surface area (Å²) in [4.78, 5) is 2.49. The highest BCUT2D eigenvalue weighted by Crippen LogP contribution is 2.02. The maximum atomic E-state index is 5.40. The summed E-state index contributed by atoms with van der Waals surface area (Å²) in [5, 5.41) is 3.54. The van der Waals surface area contributed by atoms with Crippen LogP contribution in [0.2, 0.25) is 0 Å². The standard InChI is InChI=1S/C15H34N2O/c1-5-11-16-15(4)10-8-9-12-17(6-2)13-14-18-7-3/h15-16H,5-14H2,1-4H3. The van der Waals surface area contributed by atoms with Crippen molar-refractivity contribution in [1.29, 1.82) is 0 Å². The highest BCUT2D eigenvalue weighted by Gasteiger charge is 2.03. The number of nitrogens with zero attached hydrogens (tertiary/aromatic N) is 1. The van der Waals surface area contributed by atoms with Crippen molar-refractivity contribution in [3.63, 3.8) is 0 Å². The second-order valence-corrected chi connectivity index (χ2v) is 4.98. The third-order valence-electron chi connectivity index (χ3n) is 3.31. The molecule has 0 saturated carbocycles. The van der Waals surface area contributed by atoms with Gasteiger partial charge in [0.15, 0.2) is 0 Å². The lowest BCUT2D eigenvalue weighted by Crippen LogP contribution is -2.29. The Labute approximate surface area is 114 Å². The van der Waals surface area contributed by atoms with Crippen LogP contribution < -0.4 is 5.32 Å². The zero-order valence-corrected chi connectivity index (χ0v) is 13.0. The highest BCUT2D eigenvalue weighted by molar-refractivity contribution is 4.62. The van der Waals surface area contributed by atoms with Gasteiger partial charge in [-0.3, -0.25) is 0 Å². The monoisotopic (exact) mass is 258 g/mol. The molecule has 18 heavy (non-hydrogen) atoms. The second-order valence-electron chi connectivity index (χ2n) is 4.98. The fourth-order valence-electron chi connectivity index (χ4n) is 2.04. The Bertz CT molecular complexity index is 165. The van der Waals surface area contributed by atoms with Crippen molar-refractivity contribution >= 4 is 0 Å². The van der Waals surface area contributed by atoms with Crippen LogP contribution in [0.4, 0.5) is 0 Å². The van der Waals surface area contributed by atoms with Gasteiger partial charge in [0.25, 0.3) is 0 Å². The minimum atomic E-state index is 0.670. The third-order valence-corrected chi connectivity index (χ3v) is 3.31. The summed E-state index contributed by atoms with van der Waals surface area (Å²) in [5.74, 6) is 0. The largest absolute Gasteiger partial charge is 0.380 e. The van der Waals surface area contributed by atoms with Gasteiger partial charge in [0.2, 0.25) is 0 Å². The molecule has 0 aromatic carbocycles. The van der Waals surface area contributed by atoms with E-state index < -0.39 is 0 Å². The van der Waals surface area contributed by atoms with E-state index in [0.717, 1.165) is 32.8 Å². The molecule has 0 aliphatic rings. The smallest absolute Gasteiger partial charge is 0.0593 e. The predicted octanol–water partition coefficient (Wildman–Crippen LogP) is 2.90. The summed E-state index contributed by atoms with van der Waals surface area (Å²) >= 11 is 0. The lowest BCUT2D eigenvalue weighted by Gasteiger charge is -2.20. The first-order valence-corrected chi connectivity index (χ1v) is 7.78. The van der Waals surface area contributed by atoms with Gasteiger partial charge in [-0.2, -0.15) is 0 Å². The number of nitrogens with one attached hydrogen (secondary N) is 1. The van der Waals surface area contributed by atoms with Crippen LogP contribution in [-0.4, -0.2) is 50.3 Å². The summed E-state index contributed by atoms with van der Waals surface area (Å²) in [7, 11) is 0.